The van der Waals surface area contributed by atoms with Crippen molar-refractivity contribution in [3.05, 3.63) is 66.0 Å². The monoisotopic (exact) mass is 451 g/mol. The van der Waals surface area contributed by atoms with E-state index in [9.17, 15) is 8.42 Å². The van der Waals surface area contributed by atoms with Crippen LogP contribution in [0, 0.1) is 0 Å². The molecule has 7 nitrogen and oxygen atoms in total. The molecular formula is C24H25N3O4S. The molecule has 1 fully saturated rings. The van der Waals surface area contributed by atoms with Crippen LogP contribution < -0.4 is 9.47 Å². The summed E-state index contributed by atoms with van der Waals surface area (Å²) in [6.07, 6.45) is 6.15. The Morgan fingerprint density at radius 3 is 2.44 bits per heavy atom. The number of rotatable bonds is 5. The van der Waals surface area contributed by atoms with Crippen molar-refractivity contribution in [2.45, 2.75) is 30.3 Å². The molecule has 2 aromatic carbocycles. The number of hydrogen-bond donors (Lipinski definition) is 0. The minimum Gasteiger partial charge on any atom is -0.486 e. The van der Waals surface area contributed by atoms with E-state index in [0.717, 1.165) is 49.2 Å². The Bertz CT molecular complexity index is 1210. The average Bonchev–Trinajstić information content (AvgIpc) is 3.27. The van der Waals surface area contributed by atoms with Gasteiger partial charge in [0.25, 0.3) is 0 Å². The molecule has 0 radical (unpaired) electrons. The molecule has 0 spiro atoms. The van der Waals surface area contributed by atoms with Gasteiger partial charge in [0.15, 0.2) is 27.2 Å². The van der Waals surface area contributed by atoms with Gasteiger partial charge in [-0.05, 0) is 42.6 Å². The first-order valence-corrected chi connectivity index (χ1v) is 12.6. The summed E-state index contributed by atoms with van der Waals surface area (Å²) in [5.74, 6) is 2.18. The van der Waals surface area contributed by atoms with E-state index in [0.29, 0.717) is 25.1 Å². The summed E-state index contributed by atoms with van der Waals surface area (Å²) in [4.78, 5) is 11.0. The van der Waals surface area contributed by atoms with Crippen LogP contribution in [0.2, 0.25) is 0 Å². The summed E-state index contributed by atoms with van der Waals surface area (Å²) in [5, 5.41) is 0. The van der Waals surface area contributed by atoms with Gasteiger partial charge in [-0.2, -0.15) is 0 Å². The highest BCUT2D eigenvalue weighted by Crippen LogP contribution is 2.38. The van der Waals surface area contributed by atoms with E-state index in [2.05, 4.69) is 39.1 Å². The molecule has 0 aliphatic carbocycles. The van der Waals surface area contributed by atoms with E-state index in [1.165, 1.54) is 23.5 Å². The SMILES string of the molecule is CS(=O)(=O)c1cnc(-c2ccc(CN3CCCC3c3ccc4c(c3)OCCO4)cc2)nc1. The molecule has 32 heavy (non-hydrogen) atoms. The van der Waals surface area contributed by atoms with Crippen molar-refractivity contribution in [2.75, 3.05) is 26.0 Å². The number of likely N-dealkylation sites (tertiary alicyclic amines) is 1. The van der Waals surface area contributed by atoms with Gasteiger partial charge in [0.1, 0.15) is 18.1 Å². The summed E-state index contributed by atoms with van der Waals surface area (Å²) in [6, 6.07) is 14.8. The van der Waals surface area contributed by atoms with E-state index < -0.39 is 9.84 Å². The van der Waals surface area contributed by atoms with Gasteiger partial charge in [-0.3, -0.25) is 4.90 Å². The van der Waals surface area contributed by atoms with Crippen molar-refractivity contribution in [3.8, 4) is 22.9 Å². The highest BCUT2D eigenvalue weighted by Gasteiger charge is 2.27. The third kappa shape index (κ3) is 4.33. The van der Waals surface area contributed by atoms with E-state index in [4.69, 9.17) is 9.47 Å². The van der Waals surface area contributed by atoms with Crippen molar-refractivity contribution < 1.29 is 17.9 Å². The normalized spacial score (nSPS) is 18.6. The minimum atomic E-state index is -3.30. The predicted octanol–water partition coefficient (Wildman–Crippen LogP) is 3.66. The Morgan fingerprint density at radius 2 is 1.72 bits per heavy atom. The minimum absolute atomic E-state index is 0.122. The molecule has 8 heteroatoms. The first-order valence-electron chi connectivity index (χ1n) is 10.7. The van der Waals surface area contributed by atoms with Crippen molar-refractivity contribution in [1.29, 1.82) is 0 Å². The molecule has 2 aliphatic rings. The van der Waals surface area contributed by atoms with Crippen LogP contribution in [0.1, 0.15) is 30.0 Å². The molecule has 0 bridgehead atoms. The summed E-state index contributed by atoms with van der Waals surface area (Å²) in [6.45, 7) is 3.10. The maximum Gasteiger partial charge on any atom is 0.178 e. The Morgan fingerprint density at radius 1 is 1.00 bits per heavy atom. The maximum absolute atomic E-state index is 11.6. The molecular weight excluding hydrogens is 426 g/mol. The number of ether oxygens (including phenoxy) is 2. The van der Waals surface area contributed by atoms with Crippen molar-refractivity contribution in [2.24, 2.45) is 0 Å². The number of nitrogens with zero attached hydrogens (tertiary/aromatic N) is 3. The Labute approximate surface area is 188 Å². The number of benzene rings is 2. The largest absolute Gasteiger partial charge is 0.486 e. The van der Waals surface area contributed by atoms with Gasteiger partial charge >= 0.3 is 0 Å². The average molecular weight is 452 g/mol. The van der Waals surface area contributed by atoms with Gasteiger partial charge in [0, 0.05) is 36.8 Å². The number of aromatic nitrogens is 2. The molecule has 0 saturated carbocycles. The lowest BCUT2D eigenvalue weighted by atomic mass is 10.0. The fourth-order valence-electron chi connectivity index (χ4n) is 4.31. The molecule has 0 N–H and O–H groups in total. The second kappa shape index (κ2) is 8.52. The zero-order chi connectivity index (χ0) is 22.1. The van der Waals surface area contributed by atoms with Crippen LogP contribution in [0.5, 0.6) is 11.5 Å². The summed E-state index contributed by atoms with van der Waals surface area (Å²) < 4.78 is 34.6. The Hall–Kier alpha value is -2.97. The summed E-state index contributed by atoms with van der Waals surface area (Å²) >= 11 is 0. The zero-order valence-corrected chi connectivity index (χ0v) is 18.7. The van der Waals surface area contributed by atoms with Crippen LogP contribution in [0.4, 0.5) is 0 Å². The molecule has 1 atom stereocenters. The van der Waals surface area contributed by atoms with Crippen molar-refractivity contribution in [1.82, 2.24) is 14.9 Å². The first kappa shape index (κ1) is 20.9. The van der Waals surface area contributed by atoms with Gasteiger partial charge in [0.2, 0.25) is 0 Å². The standard InChI is InChI=1S/C24H25N3O4S/c1-32(28,29)20-14-25-24(26-15-20)18-6-4-17(5-7-18)16-27-10-2-3-21(27)19-8-9-22-23(13-19)31-12-11-30-22/h4-9,13-15,21H,2-3,10-12,16H2,1H3. The van der Waals surface area contributed by atoms with E-state index in [1.54, 1.807) is 0 Å². The lowest BCUT2D eigenvalue weighted by Gasteiger charge is -2.26. The van der Waals surface area contributed by atoms with E-state index in [1.807, 2.05) is 18.2 Å². The molecule has 3 heterocycles. The maximum atomic E-state index is 11.6. The summed E-state index contributed by atoms with van der Waals surface area (Å²) in [5.41, 5.74) is 3.34. The molecule has 1 saturated heterocycles. The first-order chi connectivity index (χ1) is 15.5. The van der Waals surface area contributed by atoms with Crippen LogP contribution in [-0.4, -0.2) is 49.3 Å². The second-order valence-corrected chi connectivity index (χ2v) is 10.3. The van der Waals surface area contributed by atoms with Gasteiger partial charge in [-0.15, -0.1) is 0 Å². The molecule has 3 aromatic rings. The molecule has 5 rings (SSSR count). The smallest absolute Gasteiger partial charge is 0.178 e. The molecule has 1 unspecified atom stereocenters. The fourth-order valence-corrected chi connectivity index (χ4v) is 4.80. The topological polar surface area (TPSA) is 81.6 Å². The zero-order valence-electron chi connectivity index (χ0n) is 17.9. The predicted molar refractivity (Wildman–Crippen MR) is 120 cm³/mol. The lowest BCUT2D eigenvalue weighted by Crippen LogP contribution is -2.23. The molecule has 0 amide bonds. The Balaban J connectivity index is 1.30. The van der Waals surface area contributed by atoms with Crippen molar-refractivity contribution >= 4 is 9.84 Å². The summed E-state index contributed by atoms with van der Waals surface area (Å²) in [7, 11) is -3.30. The van der Waals surface area contributed by atoms with Gasteiger partial charge in [0.05, 0.1) is 0 Å². The second-order valence-electron chi connectivity index (χ2n) is 8.24. The lowest BCUT2D eigenvalue weighted by molar-refractivity contribution is 0.170. The van der Waals surface area contributed by atoms with Gasteiger partial charge < -0.3 is 9.47 Å². The molecule has 166 valence electrons. The highest BCUT2D eigenvalue weighted by molar-refractivity contribution is 7.90. The van der Waals surface area contributed by atoms with Crippen molar-refractivity contribution in [3.63, 3.8) is 0 Å². The third-order valence-corrected chi connectivity index (χ3v) is 7.04. The highest BCUT2D eigenvalue weighted by atomic mass is 32.2. The fraction of sp³-hybridized carbons (Fsp3) is 0.333. The van der Waals surface area contributed by atoms with Gasteiger partial charge in [-0.25, -0.2) is 18.4 Å². The van der Waals surface area contributed by atoms with Crippen LogP contribution in [-0.2, 0) is 16.4 Å². The van der Waals surface area contributed by atoms with Gasteiger partial charge in [-0.1, -0.05) is 30.3 Å². The van der Waals surface area contributed by atoms with E-state index in [-0.39, 0.29) is 4.90 Å². The molecule has 2 aliphatic heterocycles. The van der Waals surface area contributed by atoms with E-state index >= 15 is 0 Å². The number of fused-ring (bicyclic) bond motifs is 1. The van der Waals surface area contributed by atoms with Crippen LogP contribution in [0.3, 0.4) is 0 Å². The number of sulfone groups is 1. The van der Waals surface area contributed by atoms with Crippen LogP contribution in [0.25, 0.3) is 11.4 Å². The molecule has 1 aromatic heterocycles. The number of hydrogen-bond acceptors (Lipinski definition) is 7. The Kier molecular flexibility index (Phi) is 5.57. The van der Waals surface area contributed by atoms with Crippen LogP contribution >= 0.6 is 0 Å². The van der Waals surface area contributed by atoms with Crippen LogP contribution in [0.15, 0.2) is 59.8 Å². The quantitative estimate of drug-likeness (QED) is 0.586. The third-order valence-electron chi connectivity index (χ3n) is 5.97.